The second kappa shape index (κ2) is 7.33. The number of carboxylic acid groups (broad SMARTS) is 1. The number of nitrogens with zero attached hydrogens (tertiary/aromatic N) is 2. The van der Waals surface area contributed by atoms with E-state index >= 15 is 0 Å². The van der Waals surface area contributed by atoms with Gasteiger partial charge < -0.3 is 14.7 Å². The molecule has 7 nitrogen and oxygen atoms in total. The summed E-state index contributed by atoms with van der Waals surface area (Å²) in [4.78, 5) is 25.4. The van der Waals surface area contributed by atoms with Crippen LogP contribution in [0.5, 0.6) is 0 Å². The van der Waals surface area contributed by atoms with Gasteiger partial charge in [-0.1, -0.05) is 48.5 Å². The van der Waals surface area contributed by atoms with Gasteiger partial charge >= 0.3 is 12.1 Å². The van der Waals surface area contributed by atoms with Gasteiger partial charge in [0.1, 0.15) is 6.61 Å². The number of hydrogen-bond donors (Lipinski definition) is 2. The smallest absolute Gasteiger partial charge is 0.409 e. The van der Waals surface area contributed by atoms with E-state index in [-0.39, 0.29) is 23.6 Å². The van der Waals surface area contributed by atoms with Gasteiger partial charge in [0.2, 0.25) is 0 Å². The average molecular weight is 403 g/mol. The molecule has 1 aromatic heterocycles. The molecular formula is C23H21N3O4. The lowest BCUT2D eigenvalue weighted by Gasteiger charge is -2.19. The molecule has 1 saturated heterocycles. The van der Waals surface area contributed by atoms with Crippen LogP contribution in [0.3, 0.4) is 0 Å². The number of rotatable bonds is 4. The molecule has 1 fully saturated rings. The highest BCUT2D eigenvalue weighted by Gasteiger charge is 2.32. The van der Waals surface area contributed by atoms with E-state index in [0.717, 1.165) is 12.1 Å². The second-order valence-electron chi connectivity index (χ2n) is 7.75. The number of amides is 1. The molecule has 0 radical (unpaired) electrons. The summed E-state index contributed by atoms with van der Waals surface area (Å²) in [6, 6.07) is 18.0. The summed E-state index contributed by atoms with van der Waals surface area (Å²) in [5, 5.41) is 15.6. The lowest BCUT2D eigenvalue weighted by molar-refractivity contribution is 0.0690. The van der Waals surface area contributed by atoms with E-state index in [2.05, 4.69) is 34.5 Å². The van der Waals surface area contributed by atoms with Gasteiger partial charge in [-0.15, -0.1) is 0 Å². The zero-order valence-electron chi connectivity index (χ0n) is 16.2. The van der Waals surface area contributed by atoms with Crippen molar-refractivity contribution in [1.82, 2.24) is 15.1 Å². The van der Waals surface area contributed by atoms with Crippen molar-refractivity contribution < 1.29 is 19.4 Å². The van der Waals surface area contributed by atoms with E-state index in [1.54, 1.807) is 4.90 Å². The number of hydrogen-bond acceptors (Lipinski definition) is 4. The average Bonchev–Trinajstić information content (AvgIpc) is 3.49. The molecule has 0 saturated carbocycles. The number of H-pyrrole nitrogens is 1. The van der Waals surface area contributed by atoms with Crippen LogP contribution in [-0.2, 0) is 4.74 Å². The van der Waals surface area contributed by atoms with E-state index in [1.165, 1.54) is 28.3 Å². The van der Waals surface area contributed by atoms with Crippen molar-refractivity contribution in [3.63, 3.8) is 0 Å². The number of benzene rings is 2. The number of aromatic nitrogens is 2. The first-order valence-corrected chi connectivity index (χ1v) is 10.0. The minimum absolute atomic E-state index is 0.00964. The first-order chi connectivity index (χ1) is 14.6. The Bertz CT molecular complexity index is 1080. The molecular weight excluding hydrogens is 382 g/mol. The summed E-state index contributed by atoms with van der Waals surface area (Å²) >= 11 is 0. The Morgan fingerprint density at radius 1 is 1.10 bits per heavy atom. The van der Waals surface area contributed by atoms with Crippen LogP contribution in [0.25, 0.3) is 11.1 Å². The van der Waals surface area contributed by atoms with Crippen LogP contribution < -0.4 is 0 Å². The highest BCUT2D eigenvalue weighted by molar-refractivity contribution is 5.85. The summed E-state index contributed by atoms with van der Waals surface area (Å²) < 4.78 is 5.72. The van der Waals surface area contributed by atoms with Crippen LogP contribution in [0.4, 0.5) is 4.79 Å². The van der Waals surface area contributed by atoms with Crippen molar-refractivity contribution in [2.45, 2.75) is 18.3 Å². The molecule has 3 aromatic rings. The molecule has 2 heterocycles. The van der Waals surface area contributed by atoms with Crippen molar-refractivity contribution >= 4 is 12.1 Å². The third-order valence-corrected chi connectivity index (χ3v) is 6.04. The number of fused-ring (bicyclic) bond motifs is 3. The number of ether oxygens (including phenoxy) is 1. The van der Waals surface area contributed by atoms with Crippen LogP contribution in [0, 0.1) is 0 Å². The predicted octanol–water partition coefficient (Wildman–Crippen LogP) is 3.85. The molecule has 1 unspecified atom stereocenters. The van der Waals surface area contributed by atoms with Crippen LogP contribution in [-0.4, -0.2) is 52.0 Å². The molecule has 5 rings (SSSR count). The van der Waals surface area contributed by atoms with Gasteiger partial charge in [0.25, 0.3) is 0 Å². The zero-order valence-corrected chi connectivity index (χ0v) is 16.2. The van der Waals surface area contributed by atoms with Gasteiger partial charge in [-0.25, -0.2) is 9.59 Å². The normalized spacial score (nSPS) is 17.6. The topological polar surface area (TPSA) is 95.5 Å². The fourth-order valence-electron chi connectivity index (χ4n) is 4.52. The molecule has 2 aromatic carbocycles. The minimum atomic E-state index is -1.07. The minimum Gasteiger partial charge on any atom is -0.476 e. The molecule has 1 amide bonds. The molecule has 1 aliphatic heterocycles. The van der Waals surface area contributed by atoms with E-state index in [1.807, 2.05) is 24.3 Å². The molecule has 0 bridgehead atoms. The van der Waals surface area contributed by atoms with Crippen molar-refractivity contribution in [2.24, 2.45) is 0 Å². The summed E-state index contributed by atoms with van der Waals surface area (Å²) in [5.41, 5.74) is 5.49. The van der Waals surface area contributed by atoms with Gasteiger partial charge in [-0.05, 0) is 34.7 Å². The number of likely N-dealkylation sites (tertiary alicyclic amines) is 1. The van der Waals surface area contributed by atoms with Crippen LogP contribution in [0.1, 0.15) is 45.6 Å². The summed E-state index contributed by atoms with van der Waals surface area (Å²) in [7, 11) is 0. The Morgan fingerprint density at radius 2 is 1.77 bits per heavy atom. The Kier molecular flexibility index (Phi) is 4.50. The standard InChI is InChI=1S/C23H21N3O4/c27-22(28)21-11-20(24-25-21)14-9-10-26(12-14)23(29)30-13-19-17-7-3-1-5-15(17)16-6-2-4-8-18(16)19/h1-8,11,14,19H,9-10,12-13H2,(H,24,25)(H,27,28). The maximum atomic E-state index is 12.7. The highest BCUT2D eigenvalue weighted by atomic mass is 16.6. The summed E-state index contributed by atoms with van der Waals surface area (Å²) in [6.07, 6.45) is 0.406. The fourth-order valence-corrected chi connectivity index (χ4v) is 4.52. The number of aromatic amines is 1. The third-order valence-electron chi connectivity index (χ3n) is 6.04. The zero-order chi connectivity index (χ0) is 20.7. The van der Waals surface area contributed by atoms with Gasteiger partial charge in [-0.3, -0.25) is 5.10 Å². The molecule has 2 N–H and O–H groups in total. The maximum Gasteiger partial charge on any atom is 0.409 e. The van der Waals surface area contributed by atoms with Crippen LogP contribution in [0.2, 0.25) is 0 Å². The lowest BCUT2D eigenvalue weighted by Crippen LogP contribution is -2.30. The molecule has 30 heavy (non-hydrogen) atoms. The first kappa shape index (κ1) is 18.4. The predicted molar refractivity (Wildman–Crippen MR) is 110 cm³/mol. The van der Waals surface area contributed by atoms with E-state index in [9.17, 15) is 9.59 Å². The van der Waals surface area contributed by atoms with Crippen LogP contribution >= 0.6 is 0 Å². The van der Waals surface area contributed by atoms with Crippen molar-refractivity contribution in [2.75, 3.05) is 19.7 Å². The second-order valence-corrected chi connectivity index (χ2v) is 7.75. The van der Waals surface area contributed by atoms with E-state index in [0.29, 0.717) is 19.7 Å². The van der Waals surface area contributed by atoms with Crippen molar-refractivity contribution in [3.8, 4) is 11.1 Å². The number of carbonyl (C=O) groups is 2. The van der Waals surface area contributed by atoms with Crippen LogP contribution in [0.15, 0.2) is 54.6 Å². The summed E-state index contributed by atoms with van der Waals surface area (Å²) in [6.45, 7) is 1.35. The number of carbonyl (C=O) groups excluding carboxylic acids is 1. The van der Waals surface area contributed by atoms with Gasteiger partial charge in [-0.2, -0.15) is 5.10 Å². The largest absolute Gasteiger partial charge is 0.476 e. The Balaban J connectivity index is 1.25. The quantitative estimate of drug-likeness (QED) is 0.690. The number of nitrogens with one attached hydrogen (secondary N) is 1. The summed E-state index contributed by atoms with van der Waals surface area (Å²) in [5.74, 6) is -1.000. The molecule has 0 spiro atoms. The molecule has 7 heteroatoms. The molecule has 2 aliphatic rings. The van der Waals surface area contributed by atoms with E-state index in [4.69, 9.17) is 9.84 Å². The Labute approximate surface area is 173 Å². The van der Waals surface area contributed by atoms with Gasteiger partial charge in [0.15, 0.2) is 5.69 Å². The SMILES string of the molecule is O=C(O)c1cc(C2CCN(C(=O)OCC3c4ccccc4-c4ccccc43)C2)[nH]n1. The first-order valence-electron chi connectivity index (χ1n) is 10.0. The monoisotopic (exact) mass is 403 g/mol. The van der Waals surface area contributed by atoms with Crippen molar-refractivity contribution in [3.05, 3.63) is 77.1 Å². The number of carboxylic acids is 1. The Hall–Kier alpha value is -3.61. The number of aromatic carboxylic acids is 1. The van der Waals surface area contributed by atoms with Gasteiger partial charge in [0.05, 0.1) is 0 Å². The van der Waals surface area contributed by atoms with Crippen molar-refractivity contribution in [1.29, 1.82) is 0 Å². The third kappa shape index (κ3) is 3.12. The fraction of sp³-hybridized carbons (Fsp3) is 0.261. The highest BCUT2D eigenvalue weighted by Crippen LogP contribution is 2.44. The maximum absolute atomic E-state index is 12.7. The molecule has 1 aliphatic carbocycles. The van der Waals surface area contributed by atoms with Gasteiger partial charge in [0, 0.05) is 30.6 Å². The molecule has 1 atom stereocenters. The van der Waals surface area contributed by atoms with E-state index < -0.39 is 5.97 Å². The lowest BCUT2D eigenvalue weighted by atomic mass is 9.98. The Morgan fingerprint density at radius 3 is 2.40 bits per heavy atom. The molecule has 152 valence electrons.